The van der Waals surface area contributed by atoms with Crippen LogP contribution in [0.5, 0.6) is 0 Å². The topological polar surface area (TPSA) is 298 Å². The number of ether oxygens (including phenoxy) is 6. The molecule has 0 aromatic heterocycles. The van der Waals surface area contributed by atoms with Gasteiger partial charge in [-0.15, -0.1) is 0 Å². The molecular weight excluding hydrogens is 852 g/mol. The lowest BCUT2D eigenvalue weighted by atomic mass is 9.41. The van der Waals surface area contributed by atoms with E-state index >= 15 is 0 Å². The molecule has 0 bridgehead atoms. The Morgan fingerprint density at radius 2 is 1.35 bits per heavy atom. The van der Waals surface area contributed by atoms with Gasteiger partial charge in [-0.25, -0.2) is 0 Å². The number of fused-ring (bicyclic) bond motifs is 2. The second-order valence-corrected chi connectivity index (χ2v) is 23.5. The predicted octanol–water partition coefficient (Wildman–Crippen LogP) is -0.585. The molecule has 26 atom stereocenters. The van der Waals surface area contributed by atoms with Crippen molar-refractivity contribution in [2.24, 2.45) is 50.7 Å². The lowest BCUT2D eigenvalue weighted by Crippen LogP contribution is -2.64. The molecule has 8 fully saturated rings. The van der Waals surface area contributed by atoms with Gasteiger partial charge in [-0.3, -0.25) is 0 Å². The monoisotopic (exact) mass is 933 g/mol. The Hall–Kier alpha value is -0.720. The highest BCUT2D eigenvalue weighted by Gasteiger charge is 2.84. The van der Waals surface area contributed by atoms with Crippen LogP contribution in [-0.2, 0) is 28.4 Å². The highest BCUT2D eigenvalue weighted by Crippen LogP contribution is 2.89. The van der Waals surface area contributed by atoms with E-state index in [1.807, 2.05) is 0 Å². The van der Waals surface area contributed by atoms with Crippen LogP contribution >= 0.6 is 0 Å². The van der Waals surface area contributed by atoms with E-state index in [0.717, 1.165) is 25.7 Å². The number of rotatable bonds is 12. The molecule has 65 heavy (non-hydrogen) atoms. The first-order valence-electron chi connectivity index (χ1n) is 24.2. The maximum absolute atomic E-state index is 12.6. The largest absolute Gasteiger partial charge is 0.394 e. The second kappa shape index (κ2) is 17.5. The minimum absolute atomic E-state index is 0.0360. The first kappa shape index (κ1) is 50.7. The zero-order valence-electron chi connectivity index (χ0n) is 39.3. The molecule has 5 saturated carbocycles. The Morgan fingerprint density at radius 1 is 0.708 bits per heavy atom. The molecule has 3 aliphatic heterocycles. The second-order valence-electron chi connectivity index (χ2n) is 23.5. The number of hydrogen-bond donors (Lipinski definition) is 12. The van der Waals surface area contributed by atoms with Gasteiger partial charge >= 0.3 is 0 Å². The van der Waals surface area contributed by atoms with Crippen molar-refractivity contribution in [2.75, 3.05) is 13.2 Å². The maximum atomic E-state index is 12.6. The SMILES string of the molecule is C[C@H](CC[C@H](O)C(C)(C)O)[C@H]1[C@@H](O[C@@H]2O[C@H](CO)[C@@H](O)[C@H](O)[C@H]2O)C[C@@]2(C)[C@@H]3C[C@H](O)[C@H]4C(C)(C)[C@@H](O[C@@H]5OC[C@@H](O)[C@H](O)[C@H]5O[C@@H]5O[C@@H](C)[C@H](O)[C@@H](O)[C@H]5O)CC[C@@]45C[C@@]35CC[C@]12C. The summed E-state index contributed by atoms with van der Waals surface area (Å²) in [5.74, 6) is -0.278. The van der Waals surface area contributed by atoms with Crippen LogP contribution in [0.15, 0.2) is 0 Å². The van der Waals surface area contributed by atoms with E-state index in [1.165, 1.54) is 6.92 Å². The van der Waals surface area contributed by atoms with Crippen molar-refractivity contribution in [1.29, 1.82) is 0 Å². The van der Waals surface area contributed by atoms with Gasteiger partial charge in [0.25, 0.3) is 0 Å². The molecule has 8 aliphatic rings. The van der Waals surface area contributed by atoms with Crippen LogP contribution in [0.4, 0.5) is 0 Å². The zero-order valence-corrected chi connectivity index (χ0v) is 39.3. The van der Waals surface area contributed by atoms with Crippen LogP contribution < -0.4 is 0 Å². The Morgan fingerprint density at radius 3 is 2.00 bits per heavy atom. The fourth-order valence-electron chi connectivity index (χ4n) is 15.6. The third kappa shape index (κ3) is 7.91. The first-order chi connectivity index (χ1) is 30.2. The first-order valence-corrected chi connectivity index (χ1v) is 24.2. The quantitative estimate of drug-likeness (QED) is 0.109. The van der Waals surface area contributed by atoms with Gasteiger partial charge in [0.2, 0.25) is 0 Å². The maximum Gasteiger partial charge on any atom is 0.187 e. The summed E-state index contributed by atoms with van der Waals surface area (Å²) >= 11 is 0. The number of aliphatic hydroxyl groups excluding tert-OH is 11. The van der Waals surface area contributed by atoms with Gasteiger partial charge in [0, 0.05) is 0 Å². The lowest BCUT2D eigenvalue weighted by molar-refractivity contribution is -0.364. The summed E-state index contributed by atoms with van der Waals surface area (Å²) in [6.07, 6.45) is -16.2. The van der Waals surface area contributed by atoms with E-state index in [0.29, 0.717) is 32.1 Å². The summed E-state index contributed by atoms with van der Waals surface area (Å²) in [4.78, 5) is 0. The van der Waals surface area contributed by atoms with Crippen LogP contribution in [-0.4, -0.2) is 191 Å². The van der Waals surface area contributed by atoms with Gasteiger partial charge < -0.3 is 89.7 Å². The van der Waals surface area contributed by atoms with Crippen molar-refractivity contribution in [3.05, 3.63) is 0 Å². The smallest absolute Gasteiger partial charge is 0.187 e. The van der Waals surface area contributed by atoms with Crippen LogP contribution in [0.25, 0.3) is 0 Å². The summed E-state index contributed by atoms with van der Waals surface area (Å²) in [5, 5.41) is 130. The van der Waals surface area contributed by atoms with Crippen molar-refractivity contribution in [3.8, 4) is 0 Å². The van der Waals surface area contributed by atoms with Crippen LogP contribution in [0, 0.1) is 50.7 Å². The summed E-state index contributed by atoms with van der Waals surface area (Å²) in [6, 6.07) is 0. The average molecular weight is 933 g/mol. The molecule has 12 N–H and O–H groups in total. The number of aliphatic hydroxyl groups is 12. The molecule has 3 heterocycles. The Balaban J connectivity index is 1.05. The standard InChI is InChI=1S/C47H80O18/c1-20(9-10-27(51)43(5,6)59)29-24(62-40-36(58)34(56)32(54)25(17-48)63-40)16-45(8)26-15-22(49)38-42(3,4)28(11-12-47(38)19-46(26,47)14-13-44(29,45)7)64-41-37(31(53)23(50)18-60-41)65-39-35(57)33(55)30(52)21(2)61-39/h20-41,48-59H,9-19H2,1-8H3/t20-,21+,22+,23-,24+,25-,26+,27+,28+,29+,30+,31+,32-,33-,34+,35-,36-,37-,38+,39+,40-,41+,44-,45+,46+,47-/m1/s1. The van der Waals surface area contributed by atoms with E-state index in [1.54, 1.807) is 13.8 Å². The Labute approximate surface area is 382 Å². The lowest BCUT2D eigenvalue weighted by Gasteiger charge is -2.64. The molecule has 0 aromatic carbocycles. The van der Waals surface area contributed by atoms with Crippen LogP contribution in [0.3, 0.4) is 0 Å². The van der Waals surface area contributed by atoms with E-state index in [2.05, 4.69) is 34.6 Å². The highest BCUT2D eigenvalue weighted by molar-refractivity contribution is 5.32. The van der Waals surface area contributed by atoms with E-state index in [4.69, 9.17) is 28.4 Å². The molecule has 8 rings (SSSR count). The summed E-state index contributed by atoms with van der Waals surface area (Å²) in [7, 11) is 0. The molecule has 0 aromatic rings. The van der Waals surface area contributed by atoms with Gasteiger partial charge in [0.05, 0.1) is 49.3 Å². The molecule has 376 valence electrons. The third-order valence-corrected chi connectivity index (χ3v) is 19.3. The predicted molar refractivity (Wildman–Crippen MR) is 227 cm³/mol. The van der Waals surface area contributed by atoms with Crippen molar-refractivity contribution in [1.82, 2.24) is 0 Å². The summed E-state index contributed by atoms with van der Waals surface area (Å²) < 4.78 is 37.1. The minimum Gasteiger partial charge on any atom is -0.394 e. The average Bonchev–Trinajstić information content (AvgIpc) is 3.82. The molecule has 0 radical (unpaired) electrons. The van der Waals surface area contributed by atoms with Gasteiger partial charge in [0.15, 0.2) is 18.9 Å². The molecule has 0 unspecified atom stereocenters. The highest BCUT2D eigenvalue weighted by atomic mass is 16.8. The molecule has 5 aliphatic carbocycles. The van der Waals surface area contributed by atoms with E-state index in [9.17, 15) is 61.3 Å². The van der Waals surface area contributed by atoms with Crippen molar-refractivity contribution >= 4 is 0 Å². The Kier molecular flexibility index (Phi) is 13.7. The van der Waals surface area contributed by atoms with Crippen molar-refractivity contribution < 1.29 is 89.7 Å². The van der Waals surface area contributed by atoms with Crippen molar-refractivity contribution in [3.63, 3.8) is 0 Å². The molecule has 0 amide bonds. The minimum atomic E-state index is -1.66. The molecular formula is C47H80O18. The summed E-state index contributed by atoms with van der Waals surface area (Å²) in [5.41, 5.74) is -3.00. The van der Waals surface area contributed by atoms with Gasteiger partial charge in [-0.1, -0.05) is 34.6 Å². The van der Waals surface area contributed by atoms with Gasteiger partial charge in [0.1, 0.15) is 61.0 Å². The Bertz CT molecular complexity index is 1680. The van der Waals surface area contributed by atoms with Crippen LogP contribution in [0.1, 0.15) is 113 Å². The normalized spacial score (nSPS) is 55.0. The fraction of sp³-hybridized carbons (Fsp3) is 1.00. The zero-order chi connectivity index (χ0) is 47.7. The summed E-state index contributed by atoms with van der Waals surface area (Å²) in [6.45, 7) is 14.8. The molecule has 18 nitrogen and oxygen atoms in total. The van der Waals surface area contributed by atoms with E-state index < -0.39 is 133 Å². The van der Waals surface area contributed by atoms with E-state index in [-0.39, 0.29) is 46.5 Å². The van der Waals surface area contributed by atoms with Crippen molar-refractivity contribution in [2.45, 2.75) is 229 Å². The molecule has 2 spiro atoms. The number of hydrogen-bond acceptors (Lipinski definition) is 18. The molecule has 3 saturated heterocycles. The van der Waals surface area contributed by atoms with Gasteiger partial charge in [-0.05, 0) is 129 Å². The van der Waals surface area contributed by atoms with Crippen LogP contribution in [0.2, 0.25) is 0 Å². The third-order valence-electron chi connectivity index (χ3n) is 19.3. The fourth-order valence-corrected chi connectivity index (χ4v) is 15.6. The van der Waals surface area contributed by atoms with Gasteiger partial charge in [-0.2, -0.15) is 0 Å². The molecule has 18 heteroatoms.